The number of hydrogen-bond acceptors (Lipinski definition) is 5. The molecule has 1 aromatic heterocycles. The Labute approximate surface area is 168 Å². The maximum Gasteiger partial charge on any atom is 0.333 e. The van der Waals surface area contributed by atoms with Gasteiger partial charge < -0.3 is 9.72 Å². The Morgan fingerprint density at radius 2 is 1.75 bits per heavy atom. The fourth-order valence-corrected chi connectivity index (χ4v) is 2.94. The third kappa shape index (κ3) is 3.78. The van der Waals surface area contributed by atoms with Crippen LogP contribution in [0.2, 0.25) is 10.0 Å². The molecular formula is C18H13Cl2N3O5. The lowest BCUT2D eigenvalue weighted by Crippen LogP contribution is -2.35. The number of ether oxygens (including phenoxy) is 1. The van der Waals surface area contributed by atoms with Crippen molar-refractivity contribution in [3.63, 3.8) is 0 Å². The van der Waals surface area contributed by atoms with Crippen molar-refractivity contribution in [3.05, 3.63) is 89.2 Å². The maximum atomic E-state index is 12.4. The molecule has 3 aromatic rings. The average Bonchev–Trinajstić information content (AvgIpc) is 2.65. The zero-order valence-corrected chi connectivity index (χ0v) is 16.0. The first-order valence-corrected chi connectivity index (χ1v) is 8.82. The van der Waals surface area contributed by atoms with Crippen LogP contribution < -0.4 is 16.0 Å². The van der Waals surface area contributed by atoms with Crippen LogP contribution in [0.15, 0.2) is 52.2 Å². The minimum Gasteiger partial charge on any atom is -0.454 e. The fraction of sp³-hybridized carbons (Fsp3) is 0.111. The molecule has 0 aliphatic rings. The number of aromatic nitrogens is 2. The van der Waals surface area contributed by atoms with Crippen LogP contribution in [0.4, 0.5) is 5.69 Å². The van der Waals surface area contributed by atoms with Crippen LogP contribution in [-0.2, 0) is 6.42 Å². The third-order valence-corrected chi connectivity index (χ3v) is 4.54. The summed E-state index contributed by atoms with van der Waals surface area (Å²) in [7, 11) is 0. The van der Waals surface area contributed by atoms with E-state index in [0.717, 1.165) is 10.6 Å². The zero-order chi connectivity index (χ0) is 20.4. The highest BCUT2D eigenvalue weighted by molar-refractivity contribution is 6.33. The Balaban J connectivity index is 1.98. The van der Waals surface area contributed by atoms with Crippen LogP contribution in [0.1, 0.15) is 12.5 Å². The molecular weight excluding hydrogens is 409 g/mol. The van der Waals surface area contributed by atoms with E-state index in [1.165, 1.54) is 36.5 Å². The highest BCUT2D eigenvalue weighted by atomic mass is 35.5. The number of non-ortho nitro benzene ring substituents is 1. The minimum absolute atomic E-state index is 0.0395. The van der Waals surface area contributed by atoms with Crippen molar-refractivity contribution in [2.75, 3.05) is 0 Å². The van der Waals surface area contributed by atoms with Crippen molar-refractivity contribution in [2.45, 2.75) is 13.3 Å². The Hall–Kier alpha value is -3.10. The highest BCUT2D eigenvalue weighted by Crippen LogP contribution is 2.36. The summed E-state index contributed by atoms with van der Waals surface area (Å²) >= 11 is 12.3. The number of H-pyrrole nitrogens is 1. The van der Waals surface area contributed by atoms with E-state index in [1.54, 1.807) is 6.92 Å². The summed E-state index contributed by atoms with van der Waals surface area (Å²) in [4.78, 5) is 37.2. The van der Waals surface area contributed by atoms with Gasteiger partial charge in [0.15, 0.2) is 0 Å². The Bertz CT molecular complexity index is 1190. The quantitative estimate of drug-likeness (QED) is 0.492. The molecule has 144 valence electrons. The molecule has 0 bridgehead atoms. The first-order valence-electron chi connectivity index (χ1n) is 8.07. The van der Waals surface area contributed by atoms with Crippen molar-refractivity contribution < 1.29 is 9.66 Å². The van der Waals surface area contributed by atoms with E-state index in [2.05, 4.69) is 4.98 Å². The standard InChI is InChI=1S/C18H13Cl2N3O5/c1-2-10-9-21-18(25)22(17(10)24)11-3-5-15(13(19)7-11)28-16-6-4-12(23(26)27)8-14(16)20/h3-9H,2H2,1H3,(H,21,25). The number of benzene rings is 2. The van der Waals surface area contributed by atoms with Gasteiger partial charge in [-0.2, -0.15) is 0 Å². The largest absolute Gasteiger partial charge is 0.454 e. The molecule has 0 spiro atoms. The number of rotatable bonds is 5. The number of nitro benzene ring substituents is 1. The summed E-state index contributed by atoms with van der Waals surface area (Å²) in [5, 5.41) is 10.9. The number of aromatic amines is 1. The molecule has 0 aliphatic carbocycles. The molecule has 1 heterocycles. The topological polar surface area (TPSA) is 107 Å². The summed E-state index contributed by atoms with van der Waals surface area (Å²) in [6.45, 7) is 1.80. The van der Waals surface area contributed by atoms with Gasteiger partial charge >= 0.3 is 5.69 Å². The van der Waals surface area contributed by atoms with E-state index in [1.807, 2.05) is 0 Å². The number of hydrogen-bond donors (Lipinski definition) is 1. The van der Waals surface area contributed by atoms with Crippen LogP contribution in [-0.4, -0.2) is 14.5 Å². The molecule has 2 aromatic carbocycles. The van der Waals surface area contributed by atoms with Crippen molar-refractivity contribution in [1.82, 2.24) is 9.55 Å². The van der Waals surface area contributed by atoms with E-state index in [9.17, 15) is 19.7 Å². The molecule has 1 N–H and O–H groups in total. The summed E-state index contributed by atoms with van der Waals surface area (Å²) < 4.78 is 6.59. The average molecular weight is 422 g/mol. The van der Waals surface area contributed by atoms with E-state index in [4.69, 9.17) is 27.9 Å². The van der Waals surface area contributed by atoms with Gasteiger partial charge in [0.1, 0.15) is 11.5 Å². The van der Waals surface area contributed by atoms with E-state index >= 15 is 0 Å². The molecule has 0 saturated carbocycles. The predicted octanol–water partition coefficient (Wildman–Crippen LogP) is 4.10. The zero-order valence-electron chi connectivity index (χ0n) is 14.4. The molecule has 0 aliphatic heterocycles. The second-order valence-corrected chi connectivity index (χ2v) is 6.52. The monoisotopic (exact) mass is 421 g/mol. The van der Waals surface area contributed by atoms with Crippen molar-refractivity contribution in [2.24, 2.45) is 0 Å². The van der Waals surface area contributed by atoms with Crippen molar-refractivity contribution in [1.29, 1.82) is 0 Å². The van der Waals surface area contributed by atoms with Gasteiger partial charge in [-0.25, -0.2) is 9.36 Å². The lowest BCUT2D eigenvalue weighted by Gasteiger charge is -2.11. The first kappa shape index (κ1) is 19.7. The number of nitro groups is 1. The van der Waals surface area contributed by atoms with Gasteiger partial charge in [0.25, 0.3) is 11.2 Å². The summed E-state index contributed by atoms with van der Waals surface area (Å²) in [5.74, 6) is 0.377. The van der Waals surface area contributed by atoms with Crippen molar-refractivity contribution >= 4 is 28.9 Å². The van der Waals surface area contributed by atoms with Gasteiger partial charge in [-0.05, 0) is 30.7 Å². The molecule has 0 unspecified atom stereocenters. The second-order valence-electron chi connectivity index (χ2n) is 5.70. The van der Waals surface area contributed by atoms with Crippen LogP contribution in [0.25, 0.3) is 5.69 Å². The van der Waals surface area contributed by atoms with E-state index in [-0.39, 0.29) is 32.9 Å². The van der Waals surface area contributed by atoms with Gasteiger partial charge in [-0.1, -0.05) is 30.1 Å². The minimum atomic E-state index is -0.592. The molecule has 28 heavy (non-hydrogen) atoms. The normalized spacial score (nSPS) is 10.7. The highest BCUT2D eigenvalue weighted by Gasteiger charge is 2.14. The van der Waals surface area contributed by atoms with Gasteiger partial charge in [0, 0.05) is 23.9 Å². The third-order valence-electron chi connectivity index (χ3n) is 3.95. The molecule has 0 fully saturated rings. The first-order chi connectivity index (χ1) is 13.3. The van der Waals surface area contributed by atoms with Gasteiger partial charge in [-0.15, -0.1) is 0 Å². The van der Waals surface area contributed by atoms with Crippen LogP contribution in [0, 0.1) is 10.1 Å². The lowest BCUT2D eigenvalue weighted by atomic mass is 10.2. The Morgan fingerprint density at radius 1 is 1.11 bits per heavy atom. The predicted molar refractivity (Wildman–Crippen MR) is 105 cm³/mol. The van der Waals surface area contributed by atoms with Gasteiger partial charge in [0.05, 0.1) is 20.7 Å². The Morgan fingerprint density at radius 3 is 2.32 bits per heavy atom. The lowest BCUT2D eigenvalue weighted by molar-refractivity contribution is -0.384. The number of aryl methyl sites for hydroxylation is 1. The van der Waals surface area contributed by atoms with Crippen LogP contribution in [0.5, 0.6) is 11.5 Å². The van der Waals surface area contributed by atoms with E-state index in [0.29, 0.717) is 12.0 Å². The number of nitrogens with zero attached hydrogens (tertiary/aromatic N) is 2. The molecule has 0 amide bonds. The molecule has 10 heteroatoms. The van der Waals surface area contributed by atoms with E-state index < -0.39 is 16.2 Å². The molecule has 8 nitrogen and oxygen atoms in total. The summed E-state index contributed by atoms with van der Waals surface area (Å²) in [6, 6.07) is 8.14. The molecule has 3 rings (SSSR count). The summed E-state index contributed by atoms with van der Waals surface area (Å²) in [5.41, 5.74) is -0.477. The smallest absolute Gasteiger partial charge is 0.333 e. The van der Waals surface area contributed by atoms with Crippen LogP contribution >= 0.6 is 23.2 Å². The summed E-state index contributed by atoms with van der Waals surface area (Å²) in [6.07, 6.45) is 1.85. The fourth-order valence-electron chi connectivity index (χ4n) is 2.51. The number of halogens is 2. The molecule has 0 radical (unpaired) electrons. The molecule has 0 atom stereocenters. The Kier molecular flexibility index (Phi) is 5.53. The second kappa shape index (κ2) is 7.87. The van der Waals surface area contributed by atoms with Crippen molar-refractivity contribution in [3.8, 4) is 17.2 Å². The SMILES string of the molecule is CCc1c[nH]c(=O)n(-c2ccc(Oc3ccc([N+](=O)[O-])cc3Cl)c(Cl)c2)c1=O. The molecule has 0 saturated heterocycles. The van der Waals surface area contributed by atoms with Gasteiger partial charge in [0.2, 0.25) is 0 Å². The van der Waals surface area contributed by atoms with Crippen LogP contribution in [0.3, 0.4) is 0 Å². The van der Waals surface area contributed by atoms with Gasteiger partial charge in [-0.3, -0.25) is 14.9 Å². The maximum absolute atomic E-state index is 12.4. The number of nitrogens with one attached hydrogen (secondary N) is 1.